The summed E-state index contributed by atoms with van der Waals surface area (Å²) in [7, 11) is -3.73. The van der Waals surface area contributed by atoms with Crippen molar-refractivity contribution < 1.29 is 23.2 Å². The number of aliphatic hydroxyl groups excluding tert-OH is 2. The van der Waals surface area contributed by atoms with Gasteiger partial charge in [-0.15, -0.1) is 11.3 Å². The lowest BCUT2D eigenvalue weighted by molar-refractivity contribution is 0.0214. The standard InChI is InChI=1S/C12H14N2O5S2/c15-8-5-9(16)7-14(6-8)21(17,18)12-2-1-11(20-12)10-3-4-13-19-10/h1-4,8-9,15-16H,5-7H2/t8-,9-/m1/s1. The normalized spacial score (nSPS) is 24.3. The lowest BCUT2D eigenvalue weighted by Crippen LogP contribution is -2.48. The average molecular weight is 330 g/mol. The molecule has 2 aromatic heterocycles. The van der Waals surface area contributed by atoms with Crippen molar-refractivity contribution in [1.82, 2.24) is 9.46 Å². The van der Waals surface area contributed by atoms with Crippen molar-refractivity contribution in [2.45, 2.75) is 22.8 Å². The second-order valence-electron chi connectivity index (χ2n) is 4.86. The number of piperidine rings is 1. The molecule has 1 saturated heterocycles. The summed E-state index contributed by atoms with van der Waals surface area (Å²) in [6.07, 6.45) is -0.0187. The van der Waals surface area contributed by atoms with Gasteiger partial charge >= 0.3 is 0 Å². The van der Waals surface area contributed by atoms with E-state index in [1.54, 1.807) is 12.1 Å². The van der Waals surface area contributed by atoms with Crippen molar-refractivity contribution in [3.63, 3.8) is 0 Å². The molecule has 3 heterocycles. The monoisotopic (exact) mass is 330 g/mol. The fourth-order valence-electron chi connectivity index (χ4n) is 2.27. The van der Waals surface area contributed by atoms with E-state index in [0.717, 1.165) is 15.6 Å². The molecule has 21 heavy (non-hydrogen) atoms. The summed E-state index contributed by atoms with van der Waals surface area (Å²) in [5, 5.41) is 22.8. The van der Waals surface area contributed by atoms with Gasteiger partial charge in [0.2, 0.25) is 0 Å². The molecular formula is C12H14N2O5S2. The Labute approximate surface area is 125 Å². The molecule has 2 atom stereocenters. The van der Waals surface area contributed by atoms with Gasteiger partial charge < -0.3 is 14.7 Å². The topological polar surface area (TPSA) is 104 Å². The van der Waals surface area contributed by atoms with Crippen LogP contribution in [-0.2, 0) is 10.0 Å². The molecule has 0 amide bonds. The van der Waals surface area contributed by atoms with Crippen molar-refractivity contribution in [3.05, 3.63) is 24.4 Å². The first kappa shape index (κ1) is 14.7. The predicted octanol–water partition coefficient (Wildman–Crippen LogP) is 0.519. The summed E-state index contributed by atoms with van der Waals surface area (Å²) >= 11 is 1.07. The highest BCUT2D eigenvalue weighted by atomic mass is 32.2. The SMILES string of the molecule is O=S(=O)(c1ccc(-c2ccno2)s1)N1C[C@H](O)C[C@@H](O)C1. The van der Waals surface area contributed by atoms with E-state index in [9.17, 15) is 18.6 Å². The molecule has 2 N–H and O–H groups in total. The summed E-state index contributed by atoms with van der Waals surface area (Å²) in [6.45, 7) is -0.0101. The number of rotatable bonds is 3. The molecule has 1 aliphatic heterocycles. The minimum absolute atomic E-state index is 0.00503. The number of thiophene rings is 1. The number of sulfonamides is 1. The van der Waals surface area contributed by atoms with E-state index >= 15 is 0 Å². The van der Waals surface area contributed by atoms with Crippen LogP contribution in [0, 0.1) is 0 Å². The van der Waals surface area contributed by atoms with Gasteiger partial charge in [-0.1, -0.05) is 5.16 Å². The minimum Gasteiger partial charge on any atom is -0.392 e. The molecule has 0 unspecified atom stereocenters. The zero-order valence-electron chi connectivity index (χ0n) is 10.9. The van der Waals surface area contributed by atoms with Gasteiger partial charge in [0.1, 0.15) is 4.21 Å². The van der Waals surface area contributed by atoms with E-state index in [4.69, 9.17) is 4.52 Å². The highest BCUT2D eigenvalue weighted by Gasteiger charge is 2.34. The summed E-state index contributed by atoms with van der Waals surface area (Å²) in [5.74, 6) is 0.500. The molecule has 1 fully saturated rings. The summed E-state index contributed by atoms with van der Waals surface area (Å²) < 4.78 is 31.3. The Morgan fingerprint density at radius 2 is 1.95 bits per heavy atom. The van der Waals surface area contributed by atoms with Crippen molar-refractivity contribution in [2.24, 2.45) is 0 Å². The number of nitrogens with zero attached hydrogens (tertiary/aromatic N) is 2. The number of hydrogen-bond donors (Lipinski definition) is 2. The second kappa shape index (κ2) is 5.50. The maximum absolute atomic E-state index is 12.5. The first-order valence-corrected chi connectivity index (χ1v) is 8.59. The first-order valence-electron chi connectivity index (χ1n) is 6.34. The van der Waals surface area contributed by atoms with Gasteiger partial charge in [0.05, 0.1) is 23.3 Å². The van der Waals surface area contributed by atoms with Gasteiger partial charge in [-0.3, -0.25) is 0 Å². The molecular weight excluding hydrogens is 316 g/mol. The van der Waals surface area contributed by atoms with E-state index in [1.165, 1.54) is 12.3 Å². The molecule has 0 spiro atoms. The zero-order valence-corrected chi connectivity index (χ0v) is 12.5. The Bertz CT molecular complexity index is 700. The highest BCUT2D eigenvalue weighted by Crippen LogP contribution is 2.32. The molecule has 1 aliphatic rings. The van der Waals surface area contributed by atoms with Crippen molar-refractivity contribution in [1.29, 1.82) is 0 Å². The molecule has 0 bridgehead atoms. The second-order valence-corrected chi connectivity index (χ2v) is 8.11. The summed E-state index contributed by atoms with van der Waals surface area (Å²) in [5.41, 5.74) is 0. The van der Waals surface area contributed by atoms with Crippen molar-refractivity contribution in [3.8, 4) is 10.6 Å². The molecule has 0 radical (unpaired) electrons. The Hall–Kier alpha value is -1.26. The summed E-state index contributed by atoms with van der Waals surface area (Å²) in [6, 6.07) is 4.79. The van der Waals surface area contributed by atoms with Crippen LogP contribution in [0.25, 0.3) is 10.6 Å². The van der Waals surface area contributed by atoms with Gasteiger partial charge in [0.15, 0.2) is 5.76 Å². The van der Waals surface area contributed by atoms with Crippen molar-refractivity contribution >= 4 is 21.4 Å². The van der Waals surface area contributed by atoms with Crippen LogP contribution in [0.15, 0.2) is 33.1 Å². The van der Waals surface area contributed by atoms with Gasteiger partial charge in [-0.2, -0.15) is 4.31 Å². The van der Waals surface area contributed by atoms with E-state index in [-0.39, 0.29) is 23.7 Å². The number of aromatic nitrogens is 1. The smallest absolute Gasteiger partial charge is 0.252 e. The van der Waals surface area contributed by atoms with Gasteiger partial charge in [-0.25, -0.2) is 8.42 Å². The third kappa shape index (κ3) is 2.87. The van der Waals surface area contributed by atoms with E-state index < -0.39 is 22.2 Å². The third-order valence-corrected chi connectivity index (χ3v) is 6.63. The van der Waals surface area contributed by atoms with Gasteiger partial charge in [0.25, 0.3) is 10.0 Å². The highest BCUT2D eigenvalue weighted by molar-refractivity contribution is 7.91. The molecule has 114 valence electrons. The first-order chi connectivity index (χ1) is 9.96. The molecule has 3 rings (SSSR count). The van der Waals surface area contributed by atoms with Crippen LogP contribution >= 0.6 is 11.3 Å². The van der Waals surface area contributed by atoms with Crippen molar-refractivity contribution in [2.75, 3.05) is 13.1 Å². The van der Waals surface area contributed by atoms with Crippen LogP contribution in [0.5, 0.6) is 0 Å². The average Bonchev–Trinajstić information content (AvgIpc) is 3.09. The Kier molecular flexibility index (Phi) is 3.84. The van der Waals surface area contributed by atoms with Crippen LogP contribution in [0.2, 0.25) is 0 Å². The fraction of sp³-hybridized carbons (Fsp3) is 0.417. The molecule has 0 saturated carbocycles. The zero-order chi connectivity index (χ0) is 15.0. The van der Waals surface area contributed by atoms with Crippen LogP contribution in [0.3, 0.4) is 0 Å². The van der Waals surface area contributed by atoms with Crippen LogP contribution in [-0.4, -0.2) is 53.4 Å². The predicted molar refractivity (Wildman–Crippen MR) is 75.2 cm³/mol. The molecule has 2 aromatic rings. The number of hydrogen-bond acceptors (Lipinski definition) is 7. The molecule has 0 aliphatic carbocycles. The maximum Gasteiger partial charge on any atom is 0.252 e. The molecule has 7 nitrogen and oxygen atoms in total. The Balaban J connectivity index is 1.88. The lowest BCUT2D eigenvalue weighted by atomic mass is 10.1. The fourth-order valence-corrected chi connectivity index (χ4v) is 5.20. The van der Waals surface area contributed by atoms with Crippen LogP contribution in [0.4, 0.5) is 0 Å². The Morgan fingerprint density at radius 3 is 2.57 bits per heavy atom. The quantitative estimate of drug-likeness (QED) is 0.850. The molecule has 0 aromatic carbocycles. The largest absolute Gasteiger partial charge is 0.392 e. The lowest BCUT2D eigenvalue weighted by Gasteiger charge is -2.31. The maximum atomic E-state index is 12.5. The van der Waals surface area contributed by atoms with Gasteiger partial charge in [-0.05, 0) is 12.1 Å². The number of aliphatic hydroxyl groups is 2. The van der Waals surface area contributed by atoms with Crippen LogP contribution in [0.1, 0.15) is 6.42 Å². The number of β-amino-alcohol motifs (C(OH)–C–C–N with tert-alkyl or cyclic N) is 2. The molecule has 9 heteroatoms. The van der Waals surface area contributed by atoms with Gasteiger partial charge in [0, 0.05) is 25.6 Å². The minimum atomic E-state index is -3.73. The van der Waals surface area contributed by atoms with E-state index in [0.29, 0.717) is 10.6 Å². The van der Waals surface area contributed by atoms with Crippen LogP contribution < -0.4 is 0 Å². The summed E-state index contributed by atoms with van der Waals surface area (Å²) in [4.78, 5) is 0.657. The third-order valence-electron chi connectivity index (χ3n) is 3.23. The Morgan fingerprint density at radius 1 is 1.24 bits per heavy atom. The van der Waals surface area contributed by atoms with E-state index in [2.05, 4.69) is 5.16 Å². The van der Waals surface area contributed by atoms with E-state index in [1.807, 2.05) is 0 Å².